The lowest BCUT2D eigenvalue weighted by Crippen LogP contribution is -2.30. The molecule has 1 aliphatic carbocycles. The van der Waals surface area contributed by atoms with Gasteiger partial charge in [-0.15, -0.1) is 0 Å². The summed E-state index contributed by atoms with van der Waals surface area (Å²) in [6, 6.07) is 13.5. The van der Waals surface area contributed by atoms with Gasteiger partial charge in [-0.05, 0) is 61.6 Å². The molecular weight excluding hydrogens is 434 g/mol. The summed E-state index contributed by atoms with van der Waals surface area (Å²) in [4.78, 5) is 12.9. The molecule has 3 rings (SSSR count). The first kappa shape index (κ1) is 23.3. The molecule has 0 spiro atoms. The lowest BCUT2D eigenvalue weighted by atomic mass is 10.0. The maximum atomic E-state index is 12.0. The van der Waals surface area contributed by atoms with Crippen LogP contribution in [0.15, 0.2) is 58.1 Å². The van der Waals surface area contributed by atoms with E-state index in [4.69, 9.17) is 32.7 Å². The molecule has 1 fully saturated rings. The maximum Gasteiger partial charge on any atom is 0.358 e. The predicted octanol–water partition coefficient (Wildman–Crippen LogP) is 4.82. The van der Waals surface area contributed by atoms with Gasteiger partial charge in [0, 0.05) is 15.5 Å². The van der Waals surface area contributed by atoms with E-state index < -0.39 is 5.97 Å². The van der Waals surface area contributed by atoms with Crippen LogP contribution in [-0.4, -0.2) is 19.2 Å². The van der Waals surface area contributed by atoms with Gasteiger partial charge in [0.25, 0.3) is 0 Å². The Morgan fingerprint density at radius 3 is 2.55 bits per heavy atom. The fourth-order valence-electron chi connectivity index (χ4n) is 3.55. The fourth-order valence-corrected chi connectivity index (χ4v) is 4.48. The number of hydrazine groups is 1. The number of hydrogen-bond donors (Lipinski definition) is 3. The molecule has 0 saturated heterocycles. The lowest BCUT2D eigenvalue weighted by Gasteiger charge is -2.17. The summed E-state index contributed by atoms with van der Waals surface area (Å²) in [6.07, 6.45) is 4.92. The van der Waals surface area contributed by atoms with Gasteiger partial charge in [0.15, 0.2) is 5.70 Å². The molecule has 8 heteroatoms. The van der Waals surface area contributed by atoms with E-state index in [2.05, 4.69) is 5.43 Å². The molecule has 0 bridgehead atoms. The van der Waals surface area contributed by atoms with Gasteiger partial charge >= 0.3 is 5.97 Å². The highest BCUT2D eigenvalue weighted by Crippen LogP contribution is 2.37. The summed E-state index contributed by atoms with van der Waals surface area (Å²) >= 11 is 7.27. The summed E-state index contributed by atoms with van der Waals surface area (Å²) < 4.78 is 11.3. The third-order valence-electron chi connectivity index (χ3n) is 5.16. The quantitative estimate of drug-likeness (QED) is 0.162. The van der Waals surface area contributed by atoms with Crippen molar-refractivity contribution in [2.24, 2.45) is 17.5 Å². The summed E-state index contributed by atoms with van der Waals surface area (Å²) in [6.45, 7) is 2.63. The number of hydrogen-bond acceptors (Lipinski definition) is 7. The van der Waals surface area contributed by atoms with Gasteiger partial charge in [0.2, 0.25) is 0 Å². The number of nitrogens with one attached hydrogen (secondary N) is 1. The van der Waals surface area contributed by atoms with Crippen molar-refractivity contribution in [3.8, 4) is 16.9 Å². The second-order valence-corrected chi connectivity index (χ2v) is 8.88. The maximum absolute atomic E-state index is 12.0. The minimum atomic E-state index is -0.592. The molecular formula is C23H28ClN3O3S. The van der Waals surface area contributed by atoms with E-state index in [1.54, 1.807) is 6.92 Å². The van der Waals surface area contributed by atoms with Crippen molar-refractivity contribution in [2.75, 3.05) is 13.2 Å². The zero-order valence-corrected chi connectivity index (χ0v) is 19.1. The first-order valence-electron chi connectivity index (χ1n) is 10.4. The van der Waals surface area contributed by atoms with Crippen molar-refractivity contribution in [1.29, 1.82) is 0 Å². The largest absolute Gasteiger partial charge is 0.493 e. The normalized spacial score (nSPS) is 14.8. The van der Waals surface area contributed by atoms with Crippen molar-refractivity contribution in [1.82, 2.24) is 5.43 Å². The number of halogens is 1. The van der Waals surface area contributed by atoms with E-state index in [9.17, 15) is 4.79 Å². The molecule has 2 aromatic rings. The van der Waals surface area contributed by atoms with Crippen LogP contribution in [0.5, 0.6) is 5.75 Å². The molecule has 0 heterocycles. The molecule has 0 aliphatic heterocycles. The van der Waals surface area contributed by atoms with Crippen molar-refractivity contribution >= 4 is 29.3 Å². The number of carbonyl (C=O) groups is 1. The van der Waals surface area contributed by atoms with Crippen LogP contribution in [0.25, 0.3) is 11.1 Å². The van der Waals surface area contributed by atoms with Gasteiger partial charge in [0.1, 0.15) is 10.8 Å². The Labute approximate surface area is 192 Å². The van der Waals surface area contributed by atoms with E-state index in [0.29, 0.717) is 17.5 Å². The topological polar surface area (TPSA) is 99.6 Å². The Balaban J connectivity index is 1.88. The van der Waals surface area contributed by atoms with Crippen LogP contribution in [-0.2, 0) is 9.53 Å². The third kappa shape index (κ3) is 6.32. The molecule has 0 aromatic heterocycles. The van der Waals surface area contributed by atoms with E-state index in [1.807, 2.05) is 42.5 Å². The molecule has 166 valence electrons. The Bertz CT molecular complexity index is 928. The van der Waals surface area contributed by atoms with E-state index in [1.165, 1.54) is 37.4 Å². The molecule has 0 atom stereocenters. The number of ether oxygens (including phenoxy) is 2. The van der Waals surface area contributed by atoms with Crippen LogP contribution in [0.3, 0.4) is 0 Å². The van der Waals surface area contributed by atoms with Crippen LogP contribution in [0.2, 0.25) is 5.02 Å². The van der Waals surface area contributed by atoms with Crippen LogP contribution >= 0.6 is 23.4 Å². The second-order valence-electron chi connectivity index (χ2n) is 7.33. The Hall–Kier alpha value is -2.35. The van der Waals surface area contributed by atoms with Crippen molar-refractivity contribution in [3.05, 3.63) is 58.2 Å². The average Bonchev–Trinajstić information content (AvgIpc) is 3.27. The smallest absolute Gasteiger partial charge is 0.358 e. The number of rotatable bonds is 9. The standard InChI is InChI=1S/C23H28ClN3O3S/c1-2-29-23(28)21(27-26)22(25)31-18-11-12-19(16-7-9-17(24)10-8-16)20(13-18)30-14-15-5-3-4-6-15/h7-13,15,27H,2-6,14,25-26H2,1H3/b22-21+. The number of nitrogens with two attached hydrogens (primary N) is 2. The van der Waals surface area contributed by atoms with Crippen LogP contribution < -0.4 is 21.7 Å². The molecule has 6 nitrogen and oxygen atoms in total. The van der Waals surface area contributed by atoms with E-state index in [0.717, 1.165) is 21.8 Å². The Kier molecular flexibility index (Phi) is 8.51. The number of benzene rings is 2. The molecule has 31 heavy (non-hydrogen) atoms. The number of esters is 1. The van der Waals surface area contributed by atoms with Crippen LogP contribution in [0.1, 0.15) is 32.6 Å². The van der Waals surface area contributed by atoms with Gasteiger partial charge < -0.3 is 20.6 Å². The number of carbonyl (C=O) groups excluding carboxylic acids is 1. The minimum absolute atomic E-state index is 0.0297. The average molecular weight is 462 g/mol. The third-order valence-corrected chi connectivity index (χ3v) is 6.32. The fraction of sp³-hybridized carbons (Fsp3) is 0.348. The molecule has 1 aliphatic rings. The lowest BCUT2D eigenvalue weighted by molar-refractivity contribution is -0.139. The molecule has 5 N–H and O–H groups in total. The zero-order chi connectivity index (χ0) is 22.2. The SMILES string of the molecule is CCOC(=O)/C(NN)=C(/N)Sc1ccc(-c2ccc(Cl)cc2)c(OCC2CCCC2)c1. The molecule has 0 unspecified atom stereocenters. The highest BCUT2D eigenvalue weighted by Gasteiger charge is 2.18. The summed E-state index contributed by atoms with van der Waals surface area (Å²) in [5, 5.41) is 0.907. The Morgan fingerprint density at radius 2 is 1.90 bits per heavy atom. The van der Waals surface area contributed by atoms with Gasteiger partial charge in [-0.2, -0.15) is 0 Å². The molecule has 1 saturated carbocycles. The monoisotopic (exact) mass is 461 g/mol. The van der Waals surface area contributed by atoms with Gasteiger partial charge in [0.05, 0.1) is 13.2 Å². The molecule has 2 aromatic carbocycles. The Morgan fingerprint density at radius 1 is 1.19 bits per heavy atom. The first-order valence-corrected chi connectivity index (χ1v) is 11.6. The van der Waals surface area contributed by atoms with Gasteiger partial charge in [-0.3, -0.25) is 5.84 Å². The summed E-state index contributed by atoms with van der Waals surface area (Å²) in [5.41, 5.74) is 10.5. The van der Waals surface area contributed by atoms with Crippen molar-refractivity contribution in [3.63, 3.8) is 0 Å². The minimum Gasteiger partial charge on any atom is -0.493 e. The molecule has 0 radical (unpaired) electrons. The number of thioether (sulfide) groups is 1. The molecule has 0 amide bonds. The summed E-state index contributed by atoms with van der Waals surface area (Å²) in [7, 11) is 0. The van der Waals surface area contributed by atoms with Gasteiger partial charge in [-0.1, -0.05) is 48.3 Å². The predicted molar refractivity (Wildman–Crippen MR) is 125 cm³/mol. The zero-order valence-electron chi connectivity index (χ0n) is 17.5. The van der Waals surface area contributed by atoms with Crippen molar-refractivity contribution < 1.29 is 14.3 Å². The van der Waals surface area contributed by atoms with Crippen LogP contribution in [0, 0.1) is 5.92 Å². The second kappa shape index (κ2) is 11.3. The van der Waals surface area contributed by atoms with E-state index >= 15 is 0 Å². The summed E-state index contributed by atoms with van der Waals surface area (Å²) in [5.74, 6) is 6.24. The van der Waals surface area contributed by atoms with Crippen LogP contribution in [0.4, 0.5) is 0 Å². The van der Waals surface area contributed by atoms with Crippen molar-refractivity contribution in [2.45, 2.75) is 37.5 Å². The van der Waals surface area contributed by atoms with Gasteiger partial charge in [-0.25, -0.2) is 4.79 Å². The first-order chi connectivity index (χ1) is 15.0. The highest BCUT2D eigenvalue weighted by molar-refractivity contribution is 8.03. The highest BCUT2D eigenvalue weighted by atomic mass is 35.5. The van der Waals surface area contributed by atoms with E-state index in [-0.39, 0.29) is 17.3 Å².